The number of tetrazole rings is 1. The summed E-state index contributed by atoms with van der Waals surface area (Å²) in [6, 6.07) is 8.67. The van der Waals surface area contributed by atoms with Gasteiger partial charge in [-0.25, -0.2) is 0 Å². The predicted molar refractivity (Wildman–Crippen MR) is 174 cm³/mol. The summed E-state index contributed by atoms with van der Waals surface area (Å²) in [4.78, 5) is 13.0. The van der Waals surface area contributed by atoms with Gasteiger partial charge in [0.1, 0.15) is 0 Å². The highest BCUT2D eigenvalue weighted by molar-refractivity contribution is 5.77. The van der Waals surface area contributed by atoms with Crippen LogP contribution in [0.25, 0.3) is 17.0 Å². The maximum absolute atomic E-state index is 13.0. The highest BCUT2D eigenvalue weighted by Crippen LogP contribution is 2.80. The molecule has 2 aromatic rings. The lowest BCUT2D eigenvalue weighted by Gasteiger charge is -2.75. The van der Waals surface area contributed by atoms with E-state index >= 15 is 0 Å². The molecule has 236 valence electrons. The fraction of sp³-hybridized carbons (Fsp3) is 0.684. The Labute approximate surface area is 263 Å². The lowest BCUT2D eigenvalue weighted by molar-refractivity contribution is -0.249. The molecule has 5 aliphatic carbocycles. The summed E-state index contributed by atoms with van der Waals surface area (Å²) in [5, 5.41) is 25.5. The van der Waals surface area contributed by atoms with Gasteiger partial charge < -0.3 is 5.11 Å². The Morgan fingerprint density at radius 3 is 2.34 bits per heavy atom. The smallest absolute Gasteiger partial charge is 0.309 e. The van der Waals surface area contributed by atoms with E-state index in [2.05, 4.69) is 106 Å². The number of rotatable bonds is 4. The van der Waals surface area contributed by atoms with Crippen molar-refractivity contribution in [2.45, 2.75) is 106 Å². The normalized spacial score (nSPS) is 44.0. The van der Waals surface area contributed by atoms with Gasteiger partial charge in [0.05, 0.1) is 5.41 Å². The summed E-state index contributed by atoms with van der Waals surface area (Å²) in [5.74, 6) is 1.68. The first kappa shape index (κ1) is 29.9. The van der Waals surface area contributed by atoms with E-state index in [1.807, 2.05) is 0 Å². The summed E-state index contributed by atoms with van der Waals surface area (Å²) < 4.78 is 0. The third-order valence-corrected chi connectivity index (χ3v) is 15.9. The third-order valence-electron chi connectivity index (χ3n) is 15.9. The van der Waals surface area contributed by atoms with Crippen LogP contribution in [0.5, 0.6) is 0 Å². The Morgan fingerprint density at radius 1 is 0.932 bits per heavy atom. The zero-order valence-electron chi connectivity index (χ0n) is 28.0. The first-order valence-electron chi connectivity index (χ1n) is 17.1. The molecule has 9 unspecified atom stereocenters. The van der Waals surface area contributed by atoms with Crippen LogP contribution >= 0.6 is 0 Å². The molecule has 4 fully saturated rings. The van der Waals surface area contributed by atoms with Crippen molar-refractivity contribution < 1.29 is 9.90 Å². The van der Waals surface area contributed by atoms with Gasteiger partial charge in [-0.05, 0) is 138 Å². The number of carbonyl (C=O) groups is 1. The van der Waals surface area contributed by atoms with Crippen molar-refractivity contribution in [2.24, 2.45) is 56.2 Å². The lowest BCUT2D eigenvalue weighted by atomic mass is 9.29. The van der Waals surface area contributed by atoms with E-state index in [9.17, 15) is 9.90 Å². The number of allylic oxidation sites excluding steroid dienone is 3. The molecule has 9 atom stereocenters. The molecule has 7 rings (SSSR count). The highest BCUT2D eigenvalue weighted by Gasteiger charge is 2.73. The highest BCUT2D eigenvalue weighted by atomic mass is 16.4. The van der Waals surface area contributed by atoms with Crippen LogP contribution in [0.1, 0.15) is 112 Å². The van der Waals surface area contributed by atoms with Gasteiger partial charge in [0.25, 0.3) is 0 Å². The fourth-order valence-electron chi connectivity index (χ4n) is 12.9. The van der Waals surface area contributed by atoms with Gasteiger partial charge in [0.2, 0.25) is 5.82 Å². The van der Waals surface area contributed by atoms with E-state index < -0.39 is 11.4 Å². The number of fused-ring (bicyclic) bond motifs is 7. The number of aliphatic carboxylic acids is 1. The summed E-state index contributed by atoms with van der Waals surface area (Å²) in [7, 11) is 0. The van der Waals surface area contributed by atoms with Gasteiger partial charge in [0.15, 0.2) is 0 Å². The summed E-state index contributed by atoms with van der Waals surface area (Å²) in [5.41, 5.74) is 4.87. The molecule has 5 aliphatic rings. The number of H-pyrrole nitrogens is 1. The first-order valence-corrected chi connectivity index (χ1v) is 17.1. The van der Waals surface area contributed by atoms with Crippen LogP contribution in [0.15, 0.2) is 42.5 Å². The maximum atomic E-state index is 13.0. The molecule has 0 amide bonds. The predicted octanol–water partition coefficient (Wildman–Crippen LogP) is 8.99. The minimum atomic E-state index is -0.565. The van der Waals surface area contributed by atoms with E-state index in [0.29, 0.717) is 23.6 Å². The summed E-state index contributed by atoms with van der Waals surface area (Å²) in [6.45, 7) is 22.0. The molecule has 6 nitrogen and oxygen atoms in total. The molecule has 4 saturated carbocycles. The number of nitrogens with one attached hydrogen (secondary N) is 1. The molecular formula is C38H52N4O2. The van der Waals surface area contributed by atoms with Crippen LogP contribution in [0.2, 0.25) is 0 Å². The molecule has 0 aliphatic heterocycles. The Bertz CT molecular complexity index is 1540. The van der Waals surface area contributed by atoms with Crippen molar-refractivity contribution in [1.29, 1.82) is 0 Å². The zero-order chi connectivity index (χ0) is 31.5. The van der Waals surface area contributed by atoms with Crippen LogP contribution in [-0.4, -0.2) is 31.7 Å². The largest absolute Gasteiger partial charge is 0.481 e. The molecule has 6 heteroatoms. The topological polar surface area (TPSA) is 91.8 Å². The van der Waals surface area contributed by atoms with E-state index in [4.69, 9.17) is 0 Å². The van der Waals surface area contributed by atoms with Gasteiger partial charge in [-0.3, -0.25) is 4.79 Å². The molecule has 2 N–H and O–H groups in total. The Balaban J connectivity index is 1.28. The first-order chi connectivity index (χ1) is 20.7. The summed E-state index contributed by atoms with van der Waals surface area (Å²) in [6.07, 6.45) is 12.1. The zero-order valence-corrected chi connectivity index (χ0v) is 28.0. The molecule has 0 radical (unpaired) electrons. The molecular weight excluding hydrogens is 544 g/mol. The van der Waals surface area contributed by atoms with Crippen molar-refractivity contribution >= 4 is 11.5 Å². The van der Waals surface area contributed by atoms with Crippen molar-refractivity contribution in [3.05, 3.63) is 48.1 Å². The van der Waals surface area contributed by atoms with Gasteiger partial charge in [-0.1, -0.05) is 78.0 Å². The SMILES string of the molecule is C=C(C)C1CCC2(C(=O)O)CCC3(C)C(CCC4C3(C)CCC3(C)C(C)(C)C(c5cccc(-c6nn[nH]n6)c5)=CCC43C)C12. The number of aromatic nitrogens is 4. The number of benzene rings is 1. The second-order valence-electron chi connectivity index (χ2n) is 17.1. The standard InChI is InChI=1S/C38H52N4O2/c1-23(2)26-14-17-38(32(43)44)21-19-34(5)28(30(26)38)12-13-29-35(34,6)18-20-37(8)33(3,4)27(15-16-36(29,37)7)24-10-9-11-25(22-24)31-39-41-42-40-31/h9-11,15,22,26,28-30H,1,12-14,16-21H2,2-8H3,(H,43,44)(H,39,40,41,42). The van der Waals surface area contributed by atoms with Crippen LogP contribution < -0.4 is 0 Å². The Hall–Kier alpha value is -2.76. The van der Waals surface area contributed by atoms with E-state index in [0.717, 1.165) is 44.1 Å². The van der Waals surface area contributed by atoms with E-state index in [1.165, 1.54) is 36.0 Å². The molecule has 0 spiro atoms. The number of carboxylic acids is 1. The third kappa shape index (κ3) is 3.49. The average Bonchev–Trinajstić information content (AvgIpc) is 3.65. The van der Waals surface area contributed by atoms with Gasteiger partial charge in [0, 0.05) is 5.56 Å². The van der Waals surface area contributed by atoms with Gasteiger partial charge >= 0.3 is 5.97 Å². The lowest BCUT2D eigenvalue weighted by Crippen LogP contribution is -2.68. The molecule has 1 aromatic heterocycles. The van der Waals surface area contributed by atoms with Crippen LogP contribution in [0.3, 0.4) is 0 Å². The molecule has 1 heterocycles. The number of carboxylic acid groups (broad SMARTS) is 1. The van der Waals surface area contributed by atoms with E-state index in [1.54, 1.807) is 0 Å². The van der Waals surface area contributed by atoms with Crippen LogP contribution in [-0.2, 0) is 4.79 Å². The Kier molecular flexibility index (Phi) is 6.38. The number of hydrogen-bond donors (Lipinski definition) is 2. The van der Waals surface area contributed by atoms with Crippen LogP contribution in [0, 0.1) is 56.2 Å². The minimum absolute atomic E-state index is 0.0313. The second-order valence-corrected chi connectivity index (χ2v) is 17.1. The fourth-order valence-corrected chi connectivity index (χ4v) is 12.9. The molecule has 1 aromatic carbocycles. The minimum Gasteiger partial charge on any atom is -0.481 e. The van der Waals surface area contributed by atoms with Crippen molar-refractivity contribution in [3.63, 3.8) is 0 Å². The van der Waals surface area contributed by atoms with Crippen molar-refractivity contribution in [1.82, 2.24) is 20.6 Å². The molecule has 0 saturated heterocycles. The molecule has 0 bridgehead atoms. The monoisotopic (exact) mass is 596 g/mol. The molecule has 44 heavy (non-hydrogen) atoms. The number of nitrogens with zero attached hydrogens (tertiary/aromatic N) is 3. The Morgan fingerprint density at radius 2 is 1.66 bits per heavy atom. The number of aromatic amines is 1. The van der Waals surface area contributed by atoms with Crippen molar-refractivity contribution in [2.75, 3.05) is 0 Å². The van der Waals surface area contributed by atoms with E-state index in [-0.39, 0.29) is 33.0 Å². The average molecular weight is 597 g/mol. The van der Waals surface area contributed by atoms with Gasteiger partial charge in [-0.2, -0.15) is 5.21 Å². The van der Waals surface area contributed by atoms with Crippen LogP contribution in [0.4, 0.5) is 0 Å². The van der Waals surface area contributed by atoms with Gasteiger partial charge in [-0.15, -0.1) is 10.2 Å². The second kappa shape index (κ2) is 9.39. The number of hydrogen-bond acceptors (Lipinski definition) is 4. The quantitative estimate of drug-likeness (QED) is 0.344. The van der Waals surface area contributed by atoms with Crippen molar-refractivity contribution in [3.8, 4) is 11.4 Å². The maximum Gasteiger partial charge on any atom is 0.309 e. The summed E-state index contributed by atoms with van der Waals surface area (Å²) >= 11 is 0.